The number of nitrogens with zero attached hydrogens (tertiary/aromatic N) is 3. The Labute approximate surface area is 135 Å². The summed E-state index contributed by atoms with van der Waals surface area (Å²) in [4.78, 5) is 20.4. The van der Waals surface area contributed by atoms with Gasteiger partial charge in [-0.05, 0) is 12.3 Å². The average molecular weight is 332 g/mol. The van der Waals surface area contributed by atoms with Gasteiger partial charge in [0.2, 0.25) is 0 Å². The normalized spacial score (nSPS) is 11.1. The fourth-order valence-electron chi connectivity index (χ4n) is 1.80. The molecule has 0 saturated carbocycles. The van der Waals surface area contributed by atoms with Crippen LogP contribution in [0.3, 0.4) is 0 Å². The van der Waals surface area contributed by atoms with E-state index in [4.69, 9.17) is 0 Å². The van der Waals surface area contributed by atoms with Crippen molar-refractivity contribution in [1.29, 1.82) is 0 Å². The van der Waals surface area contributed by atoms with Crippen molar-refractivity contribution in [1.82, 2.24) is 0 Å². The molecule has 0 spiro atoms. The molecule has 0 radical (unpaired) electrons. The molecule has 2 aromatic carbocycles. The lowest BCUT2D eigenvalue weighted by Crippen LogP contribution is -2.02. The van der Waals surface area contributed by atoms with Gasteiger partial charge in [-0.1, -0.05) is 30.3 Å². The third-order valence-electron chi connectivity index (χ3n) is 2.88. The summed E-state index contributed by atoms with van der Waals surface area (Å²) in [5.74, 6) is 0. The Morgan fingerprint density at radius 1 is 1.09 bits per heavy atom. The number of hydrazone groups is 1. The number of hydrogen-bond acceptors (Lipinski definition) is 7. The molecule has 2 rings (SSSR count). The number of hydrogen-bond donors (Lipinski definition) is 1. The number of thioether (sulfide) groups is 1. The summed E-state index contributed by atoms with van der Waals surface area (Å²) in [5, 5.41) is 26.6. The zero-order chi connectivity index (χ0) is 16.8. The first-order chi connectivity index (χ1) is 11.0. The lowest BCUT2D eigenvalue weighted by atomic mass is 10.2. The number of non-ortho nitro benzene ring substituents is 1. The Hall–Kier alpha value is -2.94. The molecule has 2 aromatic rings. The molecule has 0 heterocycles. The van der Waals surface area contributed by atoms with Crippen LogP contribution in [0.25, 0.3) is 0 Å². The summed E-state index contributed by atoms with van der Waals surface area (Å²) < 4.78 is 0. The number of anilines is 1. The van der Waals surface area contributed by atoms with Crippen LogP contribution in [-0.4, -0.2) is 21.1 Å². The number of rotatable bonds is 5. The Balaban J connectivity index is 2.33. The average Bonchev–Trinajstić information content (AvgIpc) is 2.56. The van der Waals surface area contributed by atoms with Gasteiger partial charge in [-0.25, -0.2) is 0 Å². The molecule has 0 atom stereocenters. The van der Waals surface area contributed by atoms with E-state index in [-0.39, 0.29) is 11.4 Å². The number of nitrogens with one attached hydrogen (secondary N) is 1. The molecule has 8 nitrogen and oxygen atoms in total. The van der Waals surface area contributed by atoms with Gasteiger partial charge in [0.1, 0.15) is 10.7 Å². The van der Waals surface area contributed by atoms with Crippen LogP contribution < -0.4 is 5.43 Å². The molecular formula is C14H12N4O4S. The molecule has 1 N–H and O–H groups in total. The number of benzene rings is 2. The highest BCUT2D eigenvalue weighted by Crippen LogP contribution is 2.29. The van der Waals surface area contributed by atoms with Crippen molar-refractivity contribution < 1.29 is 9.85 Å². The van der Waals surface area contributed by atoms with E-state index in [1.54, 1.807) is 0 Å². The SMILES string of the molecule is CS/C(=N\Nc1ccc([N+](=O)[O-])cc1[N+](=O)[O-])c1ccccc1. The van der Waals surface area contributed by atoms with E-state index in [2.05, 4.69) is 10.5 Å². The van der Waals surface area contributed by atoms with Gasteiger partial charge in [0.05, 0.1) is 15.9 Å². The second kappa shape index (κ2) is 7.36. The minimum atomic E-state index is -0.688. The molecule has 0 aromatic heterocycles. The summed E-state index contributed by atoms with van der Waals surface area (Å²) in [7, 11) is 0. The fourth-order valence-corrected chi connectivity index (χ4v) is 2.31. The standard InChI is InChI=1S/C14H12N4O4S/c1-23-14(10-5-3-2-4-6-10)16-15-12-8-7-11(17(19)20)9-13(12)18(21)22/h2-9,15H,1H3/b16-14-. The maximum absolute atomic E-state index is 11.1. The second-order valence-electron chi connectivity index (χ2n) is 4.31. The van der Waals surface area contributed by atoms with E-state index in [9.17, 15) is 20.2 Å². The minimum Gasteiger partial charge on any atom is -0.271 e. The van der Waals surface area contributed by atoms with Crippen LogP contribution in [0.5, 0.6) is 0 Å². The van der Waals surface area contributed by atoms with Crippen LogP contribution in [0.2, 0.25) is 0 Å². The van der Waals surface area contributed by atoms with Crippen molar-refractivity contribution in [2.45, 2.75) is 0 Å². The second-order valence-corrected chi connectivity index (χ2v) is 5.11. The van der Waals surface area contributed by atoms with Gasteiger partial charge in [-0.2, -0.15) is 5.10 Å². The molecule has 0 aliphatic heterocycles. The maximum Gasteiger partial charge on any atom is 0.301 e. The van der Waals surface area contributed by atoms with Gasteiger partial charge in [-0.15, -0.1) is 11.8 Å². The van der Waals surface area contributed by atoms with Gasteiger partial charge < -0.3 is 0 Å². The molecule has 0 aliphatic carbocycles. The maximum atomic E-state index is 11.1. The topological polar surface area (TPSA) is 111 Å². The van der Waals surface area contributed by atoms with Gasteiger partial charge in [0.15, 0.2) is 0 Å². The highest BCUT2D eigenvalue weighted by atomic mass is 32.2. The first kappa shape index (κ1) is 16.4. The zero-order valence-corrected chi connectivity index (χ0v) is 12.8. The summed E-state index contributed by atoms with van der Waals surface area (Å²) in [6, 6.07) is 12.7. The van der Waals surface area contributed by atoms with E-state index in [0.29, 0.717) is 5.04 Å². The molecule has 0 amide bonds. The van der Waals surface area contributed by atoms with Crippen LogP contribution in [0.4, 0.5) is 17.1 Å². The molecule has 0 bridgehead atoms. The highest BCUT2D eigenvalue weighted by Gasteiger charge is 2.19. The molecular weight excluding hydrogens is 320 g/mol. The van der Waals surface area contributed by atoms with E-state index in [1.165, 1.54) is 23.9 Å². The summed E-state index contributed by atoms with van der Waals surface area (Å²) in [5.41, 5.74) is 2.80. The zero-order valence-electron chi connectivity index (χ0n) is 12.0. The Bertz CT molecular complexity index is 765. The first-order valence-electron chi connectivity index (χ1n) is 6.39. The molecule has 9 heteroatoms. The lowest BCUT2D eigenvalue weighted by molar-refractivity contribution is -0.393. The molecule has 23 heavy (non-hydrogen) atoms. The molecule has 118 valence electrons. The number of nitro benzene ring substituents is 2. The Kier molecular flexibility index (Phi) is 5.26. The predicted octanol–water partition coefficient (Wildman–Crippen LogP) is 3.64. The Morgan fingerprint density at radius 2 is 1.78 bits per heavy atom. The van der Waals surface area contributed by atoms with Crippen LogP contribution in [0.1, 0.15) is 5.56 Å². The van der Waals surface area contributed by atoms with Crippen molar-refractivity contribution in [3.63, 3.8) is 0 Å². The van der Waals surface area contributed by atoms with Crippen LogP contribution in [0, 0.1) is 20.2 Å². The van der Waals surface area contributed by atoms with Crippen molar-refractivity contribution >= 4 is 33.9 Å². The molecule has 0 aliphatic rings. The van der Waals surface area contributed by atoms with E-state index in [0.717, 1.165) is 11.6 Å². The predicted molar refractivity (Wildman–Crippen MR) is 89.9 cm³/mol. The van der Waals surface area contributed by atoms with Crippen molar-refractivity contribution in [2.75, 3.05) is 11.7 Å². The number of nitro groups is 2. The quantitative estimate of drug-likeness (QED) is 0.387. The summed E-state index contributed by atoms with van der Waals surface area (Å²) >= 11 is 1.37. The largest absolute Gasteiger partial charge is 0.301 e. The van der Waals surface area contributed by atoms with Gasteiger partial charge in [0, 0.05) is 11.6 Å². The van der Waals surface area contributed by atoms with Crippen molar-refractivity contribution in [3.05, 3.63) is 74.3 Å². The van der Waals surface area contributed by atoms with E-state index in [1.807, 2.05) is 36.6 Å². The van der Waals surface area contributed by atoms with Crippen LogP contribution >= 0.6 is 11.8 Å². The van der Waals surface area contributed by atoms with Crippen molar-refractivity contribution in [2.24, 2.45) is 5.10 Å². The van der Waals surface area contributed by atoms with Gasteiger partial charge in [0.25, 0.3) is 5.69 Å². The van der Waals surface area contributed by atoms with Crippen LogP contribution in [0.15, 0.2) is 53.6 Å². The minimum absolute atomic E-state index is 0.0862. The fraction of sp³-hybridized carbons (Fsp3) is 0.0714. The van der Waals surface area contributed by atoms with Crippen molar-refractivity contribution in [3.8, 4) is 0 Å². The third kappa shape index (κ3) is 4.04. The molecule has 0 saturated heterocycles. The summed E-state index contributed by atoms with van der Waals surface area (Å²) in [6.07, 6.45) is 1.83. The summed E-state index contributed by atoms with van der Waals surface area (Å²) in [6.45, 7) is 0. The molecule has 0 fully saturated rings. The lowest BCUT2D eigenvalue weighted by Gasteiger charge is -2.06. The van der Waals surface area contributed by atoms with E-state index >= 15 is 0 Å². The third-order valence-corrected chi connectivity index (χ3v) is 3.59. The Morgan fingerprint density at radius 3 is 2.35 bits per heavy atom. The highest BCUT2D eigenvalue weighted by molar-refractivity contribution is 8.13. The van der Waals surface area contributed by atoms with Gasteiger partial charge >= 0.3 is 5.69 Å². The van der Waals surface area contributed by atoms with Crippen LogP contribution in [-0.2, 0) is 0 Å². The smallest absolute Gasteiger partial charge is 0.271 e. The first-order valence-corrected chi connectivity index (χ1v) is 7.61. The van der Waals surface area contributed by atoms with E-state index < -0.39 is 15.5 Å². The monoisotopic (exact) mass is 332 g/mol. The van der Waals surface area contributed by atoms with Gasteiger partial charge in [-0.3, -0.25) is 25.7 Å². The molecule has 0 unspecified atom stereocenters.